The monoisotopic (exact) mass is 298 g/mol. The van der Waals surface area contributed by atoms with Crippen molar-refractivity contribution in [2.24, 2.45) is 0 Å². The Kier molecular flexibility index (Phi) is 4.59. The average Bonchev–Trinajstić information content (AvgIpc) is 3.03. The van der Waals surface area contributed by atoms with Crippen LogP contribution in [0.15, 0.2) is 42.5 Å². The van der Waals surface area contributed by atoms with Crippen molar-refractivity contribution in [3.63, 3.8) is 0 Å². The van der Waals surface area contributed by atoms with Crippen molar-refractivity contribution in [1.82, 2.24) is 9.88 Å². The van der Waals surface area contributed by atoms with Crippen LogP contribution < -0.4 is 0 Å². The van der Waals surface area contributed by atoms with Gasteiger partial charge in [-0.25, -0.2) is 0 Å². The molecule has 1 aromatic carbocycles. The first kappa shape index (κ1) is 14.9. The van der Waals surface area contributed by atoms with Gasteiger partial charge in [0.05, 0.1) is 19.3 Å². The lowest BCUT2D eigenvalue weighted by molar-refractivity contribution is -0.139. The molecule has 0 radical (unpaired) electrons. The van der Waals surface area contributed by atoms with Crippen molar-refractivity contribution in [3.05, 3.63) is 48.2 Å². The summed E-state index contributed by atoms with van der Waals surface area (Å²) in [5, 5.41) is 0. The van der Waals surface area contributed by atoms with Crippen molar-refractivity contribution in [1.29, 1.82) is 0 Å². The van der Waals surface area contributed by atoms with Crippen LogP contribution in [0.4, 0.5) is 0 Å². The fourth-order valence-corrected chi connectivity index (χ4v) is 2.86. The van der Waals surface area contributed by atoms with Crippen molar-refractivity contribution >= 4 is 5.91 Å². The van der Waals surface area contributed by atoms with Gasteiger partial charge in [0.2, 0.25) is 5.91 Å². The number of benzene rings is 1. The summed E-state index contributed by atoms with van der Waals surface area (Å²) in [7, 11) is 0. The summed E-state index contributed by atoms with van der Waals surface area (Å²) in [5.41, 5.74) is 3.37. The molecule has 0 unspecified atom stereocenters. The largest absolute Gasteiger partial charge is 0.377 e. The highest BCUT2D eigenvalue weighted by Gasteiger charge is 2.23. The minimum Gasteiger partial charge on any atom is -0.377 e. The van der Waals surface area contributed by atoms with E-state index >= 15 is 0 Å². The van der Waals surface area contributed by atoms with Gasteiger partial charge in [-0.2, -0.15) is 0 Å². The summed E-state index contributed by atoms with van der Waals surface area (Å²) in [6, 6.07) is 14.6. The van der Waals surface area contributed by atoms with Crippen LogP contribution >= 0.6 is 0 Å². The molecule has 4 nitrogen and oxygen atoms in total. The molecule has 1 aliphatic rings. The second-order valence-electron chi connectivity index (χ2n) is 5.77. The molecule has 1 saturated heterocycles. The first-order chi connectivity index (χ1) is 10.7. The van der Waals surface area contributed by atoms with E-state index in [1.165, 1.54) is 5.56 Å². The number of rotatable bonds is 4. The molecule has 2 aromatic rings. The number of aromatic amines is 1. The van der Waals surface area contributed by atoms with Crippen LogP contribution in [0.5, 0.6) is 0 Å². The molecular weight excluding hydrogens is 276 g/mol. The number of carbonyl (C=O) groups is 1. The predicted molar refractivity (Wildman–Crippen MR) is 86.5 cm³/mol. The van der Waals surface area contributed by atoms with E-state index in [9.17, 15) is 4.79 Å². The van der Waals surface area contributed by atoms with Crippen LogP contribution in [-0.2, 0) is 16.0 Å². The number of ether oxygens (including phenoxy) is 1. The maximum Gasteiger partial charge on any atom is 0.223 e. The van der Waals surface area contributed by atoms with Crippen LogP contribution in [0.1, 0.15) is 19.0 Å². The molecule has 1 aliphatic heterocycles. The number of morpholine rings is 1. The van der Waals surface area contributed by atoms with Crippen LogP contribution in [0.3, 0.4) is 0 Å². The highest BCUT2D eigenvalue weighted by Crippen LogP contribution is 2.19. The first-order valence-corrected chi connectivity index (χ1v) is 7.84. The zero-order chi connectivity index (χ0) is 15.4. The third-order valence-corrected chi connectivity index (χ3v) is 4.13. The molecule has 1 fully saturated rings. The topological polar surface area (TPSA) is 45.3 Å². The molecule has 22 heavy (non-hydrogen) atoms. The maximum absolute atomic E-state index is 12.3. The van der Waals surface area contributed by atoms with E-state index < -0.39 is 0 Å². The Morgan fingerprint density at radius 3 is 2.86 bits per heavy atom. The normalized spacial score (nSPS) is 18.4. The average molecular weight is 298 g/mol. The van der Waals surface area contributed by atoms with Crippen LogP contribution in [-0.4, -0.2) is 41.6 Å². The third kappa shape index (κ3) is 3.39. The van der Waals surface area contributed by atoms with Gasteiger partial charge in [-0.15, -0.1) is 0 Å². The van der Waals surface area contributed by atoms with Gasteiger partial charge >= 0.3 is 0 Å². The Hall–Kier alpha value is -2.07. The predicted octanol–water partition coefficient (Wildman–Crippen LogP) is 2.86. The van der Waals surface area contributed by atoms with Crippen LogP contribution in [0.25, 0.3) is 11.3 Å². The number of amides is 1. The molecule has 0 saturated carbocycles. The molecule has 1 N–H and O–H groups in total. The summed E-state index contributed by atoms with van der Waals surface area (Å²) in [5.74, 6) is 0.215. The van der Waals surface area contributed by atoms with Crippen LogP contribution in [0.2, 0.25) is 0 Å². The molecule has 0 aliphatic carbocycles. The number of nitrogens with zero attached hydrogens (tertiary/aromatic N) is 1. The van der Waals surface area contributed by atoms with Gasteiger partial charge in [0.1, 0.15) is 0 Å². The number of nitrogens with one attached hydrogen (secondary N) is 1. The highest BCUT2D eigenvalue weighted by atomic mass is 16.5. The van der Waals surface area contributed by atoms with Gasteiger partial charge in [0.15, 0.2) is 0 Å². The summed E-state index contributed by atoms with van der Waals surface area (Å²) in [6.07, 6.45) is 1.29. The molecule has 116 valence electrons. The molecule has 3 rings (SSSR count). The molecule has 1 atom stereocenters. The summed E-state index contributed by atoms with van der Waals surface area (Å²) < 4.78 is 5.38. The lowest BCUT2D eigenvalue weighted by atomic mass is 10.2. The smallest absolute Gasteiger partial charge is 0.223 e. The van der Waals surface area contributed by atoms with Gasteiger partial charge in [-0.05, 0) is 31.0 Å². The number of carbonyl (C=O) groups excluding carboxylic acids is 1. The van der Waals surface area contributed by atoms with E-state index in [4.69, 9.17) is 4.74 Å². The lowest BCUT2D eigenvalue weighted by Gasteiger charge is -2.33. The Bertz CT molecular complexity index is 621. The van der Waals surface area contributed by atoms with E-state index in [-0.39, 0.29) is 11.9 Å². The van der Waals surface area contributed by atoms with Crippen molar-refractivity contribution in [2.45, 2.75) is 25.8 Å². The quantitative estimate of drug-likeness (QED) is 0.943. The van der Waals surface area contributed by atoms with Gasteiger partial charge in [0.25, 0.3) is 0 Å². The first-order valence-electron chi connectivity index (χ1n) is 7.84. The molecule has 1 aromatic heterocycles. The zero-order valence-electron chi connectivity index (χ0n) is 12.9. The summed E-state index contributed by atoms with van der Waals surface area (Å²) >= 11 is 0. The zero-order valence-corrected chi connectivity index (χ0v) is 12.9. The maximum atomic E-state index is 12.3. The number of aromatic nitrogens is 1. The minimum absolute atomic E-state index is 0.185. The van der Waals surface area contributed by atoms with E-state index in [0.717, 1.165) is 17.8 Å². The fraction of sp³-hybridized carbons (Fsp3) is 0.389. The molecule has 2 heterocycles. The fourth-order valence-electron chi connectivity index (χ4n) is 2.86. The third-order valence-electron chi connectivity index (χ3n) is 4.13. The standard InChI is InChI=1S/C18H22N2O2/c1-14-13-22-12-11-20(14)18(21)10-8-16-7-9-17(19-16)15-5-3-2-4-6-15/h2-7,9,14,19H,8,10-13H2,1H3/t14-/m0/s1. The lowest BCUT2D eigenvalue weighted by Crippen LogP contribution is -2.47. The Morgan fingerprint density at radius 1 is 1.27 bits per heavy atom. The van der Waals surface area contributed by atoms with Gasteiger partial charge in [-0.1, -0.05) is 30.3 Å². The van der Waals surface area contributed by atoms with Crippen molar-refractivity contribution in [3.8, 4) is 11.3 Å². The van der Waals surface area contributed by atoms with Crippen molar-refractivity contribution < 1.29 is 9.53 Å². The second-order valence-corrected chi connectivity index (χ2v) is 5.77. The molecular formula is C18H22N2O2. The number of hydrogen-bond donors (Lipinski definition) is 1. The Balaban J connectivity index is 1.58. The van der Waals surface area contributed by atoms with Crippen molar-refractivity contribution in [2.75, 3.05) is 19.8 Å². The molecule has 0 bridgehead atoms. The van der Waals surface area contributed by atoms with Gasteiger partial charge in [0, 0.05) is 24.4 Å². The Labute approximate surface area is 131 Å². The van der Waals surface area contributed by atoms with E-state index in [1.807, 2.05) is 30.0 Å². The SMILES string of the molecule is C[C@H]1COCCN1C(=O)CCc1ccc(-c2ccccc2)[nH]1. The second kappa shape index (κ2) is 6.79. The van der Waals surface area contributed by atoms with E-state index in [2.05, 4.69) is 29.2 Å². The molecule has 0 spiro atoms. The number of aryl methyl sites for hydroxylation is 1. The summed E-state index contributed by atoms with van der Waals surface area (Å²) in [4.78, 5) is 17.7. The van der Waals surface area contributed by atoms with E-state index in [0.29, 0.717) is 26.2 Å². The van der Waals surface area contributed by atoms with Gasteiger partial charge < -0.3 is 14.6 Å². The molecule has 4 heteroatoms. The van der Waals surface area contributed by atoms with Gasteiger partial charge in [-0.3, -0.25) is 4.79 Å². The minimum atomic E-state index is 0.185. The van der Waals surface area contributed by atoms with E-state index in [1.54, 1.807) is 0 Å². The van der Waals surface area contributed by atoms with Crippen LogP contribution in [0, 0.1) is 0 Å². The Morgan fingerprint density at radius 2 is 2.09 bits per heavy atom. The summed E-state index contributed by atoms with van der Waals surface area (Å²) in [6.45, 7) is 4.04. The highest BCUT2D eigenvalue weighted by molar-refractivity contribution is 5.77. The number of hydrogen-bond acceptors (Lipinski definition) is 2. The molecule has 1 amide bonds. The number of H-pyrrole nitrogens is 1.